The van der Waals surface area contributed by atoms with E-state index in [0.717, 1.165) is 11.1 Å². The van der Waals surface area contributed by atoms with Gasteiger partial charge in [-0.3, -0.25) is 4.79 Å². The maximum Gasteiger partial charge on any atom is 0.349 e. The van der Waals surface area contributed by atoms with Crippen LogP contribution in [0.5, 0.6) is 5.75 Å². The quantitative estimate of drug-likeness (QED) is 0.578. The Morgan fingerprint density at radius 3 is 2.29 bits per heavy atom. The molecule has 0 spiro atoms. The van der Waals surface area contributed by atoms with Gasteiger partial charge in [0.15, 0.2) is 0 Å². The Bertz CT molecular complexity index is 860. The molecule has 0 N–H and O–H groups in total. The Labute approximate surface area is 174 Å². The lowest BCUT2D eigenvalue weighted by atomic mass is 10.0. The number of carbonyl (C=O) groups excluding carboxylic acids is 2. The number of esters is 2. The first-order valence-electron chi connectivity index (χ1n) is 8.69. The molecule has 0 saturated heterocycles. The summed E-state index contributed by atoms with van der Waals surface area (Å²) in [6.45, 7) is 4.85. The molecule has 0 radical (unpaired) electrons. The number of rotatable bonds is 7. The van der Waals surface area contributed by atoms with Crippen LogP contribution in [-0.4, -0.2) is 31.3 Å². The molecule has 0 amide bonds. The summed E-state index contributed by atoms with van der Waals surface area (Å²) in [5.41, 5.74) is 0.794. The number of carbonyl (C=O) groups is 2. The molecule has 0 unspecified atom stereocenters. The molecule has 0 heterocycles. The molecule has 0 atom stereocenters. The lowest BCUT2D eigenvalue weighted by molar-refractivity contribution is -0.177. The molecule has 2 rings (SSSR count). The maximum atomic E-state index is 12.3. The van der Waals surface area contributed by atoms with E-state index < -0.39 is 17.5 Å². The molecule has 0 aliphatic carbocycles. The maximum absolute atomic E-state index is 12.3. The first kappa shape index (κ1) is 22.1. The van der Waals surface area contributed by atoms with Crippen LogP contribution in [0.4, 0.5) is 0 Å². The van der Waals surface area contributed by atoms with E-state index >= 15 is 0 Å². The van der Waals surface area contributed by atoms with Crippen molar-refractivity contribution in [1.29, 1.82) is 0 Å². The molecule has 0 bridgehead atoms. The van der Waals surface area contributed by atoms with Gasteiger partial charge in [0.05, 0.1) is 20.1 Å². The highest BCUT2D eigenvalue weighted by Crippen LogP contribution is 2.35. The van der Waals surface area contributed by atoms with Crippen molar-refractivity contribution in [3.8, 4) is 16.9 Å². The number of benzene rings is 2. The second-order valence-corrected chi connectivity index (χ2v) is 7.38. The van der Waals surface area contributed by atoms with Crippen LogP contribution in [0.1, 0.15) is 26.3 Å². The first-order chi connectivity index (χ1) is 13.2. The van der Waals surface area contributed by atoms with E-state index in [2.05, 4.69) is 0 Å². The highest BCUT2D eigenvalue weighted by Gasteiger charge is 2.33. The monoisotopic (exact) mass is 424 g/mol. The SMILES string of the molecule is CCOC(=O)C(C)(C)OC(=O)Cc1cc(OC)c(-c2ccc(Cl)cc2)cc1Cl. The molecule has 7 heteroatoms. The topological polar surface area (TPSA) is 61.8 Å². The molecule has 150 valence electrons. The zero-order valence-corrected chi connectivity index (χ0v) is 17.7. The van der Waals surface area contributed by atoms with Crippen molar-refractivity contribution in [3.63, 3.8) is 0 Å². The van der Waals surface area contributed by atoms with Crippen molar-refractivity contribution in [2.45, 2.75) is 32.8 Å². The van der Waals surface area contributed by atoms with Crippen molar-refractivity contribution in [1.82, 2.24) is 0 Å². The number of hydrogen-bond acceptors (Lipinski definition) is 5. The van der Waals surface area contributed by atoms with Crippen LogP contribution in [0.25, 0.3) is 11.1 Å². The summed E-state index contributed by atoms with van der Waals surface area (Å²) in [4.78, 5) is 24.2. The largest absolute Gasteiger partial charge is 0.496 e. The Morgan fingerprint density at radius 2 is 1.71 bits per heavy atom. The van der Waals surface area contributed by atoms with Gasteiger partial charge in [-0.1, -0.05) is 35.3 Å². The summed E-state index contributed by atoms with van der Waals surface area (Å²) in [7, 11) is 1.54. The number of halogens is 2. The molecular weight excluding hydrogens is 403 g/mol. The predicted octanol–water partition coefficient (Wildman–Crippen LogP) is 5.10. The minimum Gasteiger partial charge on any atom is -0.496 e. The third-order valence-electron chi connectivity index (χ3n) is 3.99. The fraction of sp³-hybridized carbons (Fsp3) is 0.333. The lowest BCUT2D eigenvalue weighted by Crippen LogP contribution is -2.39. The van der Waals surface area contributed by atoms with Crippen molar-refractivity contribution < 1.29 is 23.8 Å². The zero-order chi connectivity index (χ0) is 20.9. The van der Waals surface area contributed by atoms with Crippen LogP contribution in [0.2, 0.25) is 10.0 Å². The van der Waals surface area contributed by atoms with Gasteiger partial charge in [0.1, 0.15) is 5.75 Å². The smallest absolute Gasteiger partial charge is 0.349 e. The van der Waals surface area contributed by atoms with Gasteiger partial charge in [0.2, 0.25) is 5.60 Å². The van der Waals surface area contributed by atoms with Crippen molar-refractivity contribution >= 4 is 35.1 Å². The summed E-state index contributed by atoms with van der Waals surface area (Å²) in [6.07, 6.45) is -0.112. The van der Waals surface area contributed by atoms with Gasteiger partial charge < -0.3 is 14.2 Å². The number of ether oxygens (including phenoxy) is 3. The molecule has 0 aliphatic rings. The van der Waals surface area contributed by atoms with E-state index in [1.807, 2.05) is 12.1 Å². The van der Waals surface area contributed by atoms with E-state index in [1.165, 1.54) is 21.0 Å². The second-order valence-electron chi connectivity index (χ2n) is 6.53. The minimum absolute atomic E-state index is 0.112. The van der Waals surface area contributed by atoms with Crippen LogP contribution < -0.4 is 4.74 Å². The molecule has 0 saturated carbocycles. The van der Waals surface area contributed by atoms with Crippen LogP contribution >= 0.6 is 23.2 Å². The van der Waals surface area contributed by atoms with Gasteiger partial charge >= 0.3 is 11.9 Å². The van der Waals surface area contributed by atoms with Crippen LogP contribution in [0, 0.1) is 0 Å². The van der Waals surface area contributed by atoms with Gasteiger partial charge in [-0.2, -0.15) is 0 Å². The lowest BCUT2D eigenvalue weighted by Gasteiger charge is -2.23. The van der Waals surface area contributed by atoms with E-state index in [9.17, 15) is 9.59 Å². The van der Waals surface area contributed by atoms with Crippen LogP contribution in [-0.2, 0) is 25.5 Å². The third-order valence-corrected chi connectivity index (χ3v) is 4.60. The third kappa shape index (κ3) is 5.40. The molecule has 0 fully saturated rings. The van der Waals surface area contributed by atoms with Crippen molar-refractivity contribution in [2.75, 3.05) is 13.7 Å². The van der Waals surface area contributed by atoms with E-state index in [4.69, 9.17) is 37.4 Å². The Morgan fingerprint density at radius 1 is 1.07 bits per heavy atom. The highest BCUT2D eigenvalue weighted by molar-refractivity contribution is 6.32. The summed E-state index contributed by atoms with van der Waals surface area (Å²) in [5, 5.41) is 1.01. The van der Waals surface area contributed by atoms with Gasteiger partial charge in [-0.05, 0) is 56.2 Å². The number of methoxy groups -OCH3 is 1. The number of hydrogen-bond donors (Lipinski definition) is 0. The summed E-state index contributed by atoms with van der Waals surface area (Å²) in [5.74, 6) is -0.648. The van der Waals surface area contributed by atoms with Gasteiger partial charge in [0.25, 0.3) is 0 Å². The summed E-state index contributed by atoms with van der Waals surface area (Å²) in [6, 6.07) is 10.7. The van der Waals surface area contributed by atoms with Crippen LogP contribution in [0.15, 0.2) is 36.4 Å². The second kappa shape index (κ2) is 9.30. The van der Waals surface area contributed by atoms with E-state index in [-0.39, 0.29) is 13.0 Å². The summed E-state index contributed by atoms with van der Waals surface area (Å²) < 4.78 is 15.7. The van der Waals surface area contributed by atoms with E-state index in [1.54, 1.807) is 31.2 Å². The molecule has 28 heavy (non-hydrogen) atoms. The standard InChI is InChI=1S/C21H22Cl2O5/c1-5-27-20(25)21(2,3)28-19(24)11-14-10-18(26-4)16(12-17(14)23)13-6-8-15(22)9-7-13/h6-10,12H,5,11H2,1-4H3. The molecule has 2 aromatic carbocycles. The molecule has 0 aliphatic heterocycles. The van der Waals surface area contributed by atoms with Crippen LogP contribution in [0.3, 0.4) is 0 Å². The minimum atomic E-state index is -1.38. The van der Waals surface area contributed by atoms with Crippen molar-refractivity contribution in [3.05, 3.63) is 52.0 Å². The Kier molecular flexibility index (Phi) is 7.33. The van der Waals surface area contributed by atoms with E-state index in [0.29, 0.717) is 21.4 Å². The average Bonchev–Trinajstić information content (AvgIpc) is 2.63. The predicted molar refractivity (Wildman–Crippen MR) is 109 cm³/mol. The Balaban J connectivity index is 2.24. The molecular formula is C21H22Cl2O5. The normalized spacial score (nSPS) is 11.1. The van der Waals surface area contributed by atoms with Gasteiger partial charge in [-0.25, -0.2) is 4.79 Å². The van der Waals surface area contributed by atoms with Gasteiger partial charge in [-0.15, -0.1) is 0 Å². The average molecular weight is 425 g/mol. The zero-order valence-electron chi connectivity index (χ0n) is 16.2. The van der Waals surface area contributed by atoms with Crippen molar-refractivity contribution in [2.24, 2.45) is 0 Å². The molecule has 0 aromatic heterocycles. The van der Waals surface area contributed by atoms with Gasteiger partial charge in [0, 0.05) is 15.6 Å². The molecule has 5 nitrogen and oxygen atoms in total. The fourth-order valence-corrected chi connectivity index (χ4v) is 2.93. The highest BCUT2D eigenvalue weighted by atomic mass is 35.5. The Hall–Kier alpha value is -2.24. The first-order valence-corrected chi connectivity index (χ1v) is 9.45. The fourth-order valence-electron chi connectivity index (χ4n) is 2.58. The summed E-state index contributed by atoms with van der Waals surface area (Å²) >= 11 is 12.3. The molecule has 2 aromatic rings.